The number of carbonyl (C=O) groups excluding carboxylic acids is 1. The lowest BCUT2D eigenvalue weighted by molar-refractivity contribution is -0.128. The lowest BCUT2D eigenvalue weighted by Gasteiger charge is -2.17. The normalized spacial score (nSPS) is 18.9. The van der Waals surface area contributed by atoms with E-state index in [1.54, 1.807) is 7.11 Å². The van der Waals surface area contributed by atoms with Crippen LogP contribution in [0, 0.1) is 5.92 Å². The highest BCUT2D eigenvalue weighted by atomic mass is 16.5. The van der Waals surface area contributed by atoms with Crippen LogP contribution in [-0.2, 0) is 11.3 Å². The Kier molecular flexibility index (Phi) is 4.30. The summed E-state index contributed by atoms with van der Waals surface area (Å²) in [5.41, 5.74) is 7.57. The first kappa shape index (κ1) is 13.7. The molecule has 19 heavy (non-hydrogen) atoms. The van der Waals surface area contributed by atoms with Crippen LogP contribution in [-0.4, -0.2) is 24.5 Å². The Balaban J connectivity index is 2.01. The van der Waals surface area contributed by atoms with Gasteiger partial charge in [0, 0.05) is 19.5 Å². The Labute approximate surface area is 114 Å². The molecule has 2 N–H and O–H groups in total. The number of methoxy groups -OCH3 is 1. The molecule has 0 saturated carbocycles. The van der Waals surface area contributed by atoms with Gasteiger partial charge in [0.1, 0.15) is 5.75 Å². The van der Waals surface area contributed by atoms with Gasteiger partial charge in [-0.05, 0) is 30.0 Å². The van der Waals surface area contributed by atoms with Crippen molar-refractivity contribution in [2.24, 2.45) is 5.92 Å². The zero-order chi connectivity index (χ0) is 13.8. The van der Waals surface area contributed by atoms with Gasteiger partial charge in [0.15, 0.2) is 0 Å². The Hall–Kier alpha value is -1.71. The molecule has 4 heteroatoms. The van der Waals surface area contributed by atoms with E-state index in [0.717, 1.165) is 24.9 Å². The molecule has 1 aliphatic rings. The highest BCUT2D eigenvalue weighted by Gasteiger charge is 2.28. The molecular formula is C15H22N2O2. The van der Waals surface area contributed by atoms with Gasteiger partial charge in [0.25, 0.3) is 0 Å². The first-order valence-electron chi connectivity index (χ1n) is 6.84. The van der Waals surface area contributed by atoms with E-state index in [-0.39, 0.29) is 5.91 Å². The van der Waals surface area contributed by atoms with Crippen molar-refractivity contribution in [1.29, 1.82) is 0 Å². The molecule has 1 aliphatic heterocycles. The fraction of sp³-hybridized carbons (Fsp3) is 0.533. The van der Waals surface area contributed by atoms with Gasteiger partial charge >= 0.3 is 0 Å². The van der Waals surface area contributed by atoms with Crippen molar-refractivity contribution in [2.75, 3.05) is 19.4 Å². The first-order chi connectivity index (χ1) is 9.13. The lowest BCUT2D eigenvalue weighted by atomic mass is 10.0. The zero-order valence-electron chi connectivity index (χ0n) is 11.7. The maximum Gasteiger partial charge on any atom is 0.223 e. The number of benzene rings is 1. The molecule has 1 aromatic rings. The Morgan fingerprint density at radius 3 is 2.89 bits per heavy atom. The lowest BCUT2D eigenvalue weighted by Crippen LogP contribution is -2.24. The van der Waals surface area contributed by atoms with E-state index in [9.17, 15) is 4.79 Å². The second-order valence-corrected chi connectivity index (χ2v) is 5.21. The van der Waals surface area contributed by atoms with Gasteiger partial charge in [-0.1, -0.05) is 19.4 Å². The summed E-state index contributed by atoms with van der Waals surface area (Å²) in [6.45, 7) is 3.68. The molecule has 0 radical (unpaired) electrons. The maximum absolute atomic E-state index is 11.9. The van der Waals surface area contributed by atoms with Crippen LogP contribution in [0.5, 0.6) is 5.75 Å². The van der Waals surface area contributed by atoms with Crippen molar-refractivity contribution in [1.82, 2.24) is 4.90 Å². The summed E-state index contributed by atoms with van der Waals surface area (Å²) < 4.78 is 5.13. The summed E-state index contributed by atoms with van der Waals surface area (Å²) in [5, 5.41) is 0. The van der Waals surface area contributed by atoms with Crippen LogP contribution in [0.2, 0.25) is 0 Å². The van der Waals surface area contributed by atoms with Crippen LogP contribution in [0.3, 0.4) is 0 Å². The molecule has 0 aliphatic carbocycles. The van der Waals surface area contributed by atoms with Gasteiger partial charge in [-0.2, -0.15) is 0 Å². The van der Waals surface area contributed by atoms with Crippen LogP contribution in [0.15, 0.2) is 18.2 Å². The number of anilines is 1. The number of nitrogens with two attached hydrogens (primary N) is 1. The molecule has 1 aromatic carbocycles. The van der Waals surface area contributed by atoms with Gasteiger partial charge in [0.2, 0.25) is 5.91 Å². The maximum atomic E-state index is 11.9. The van der Waals surface area contributed by atoms with Gasteiger partial charge in [-0.3, -0.25) is 4.79 Å². The van der Waals surface area contributed by atoms with Crippen molar-refractivity contribution in [3.63, 3.8) is 0 Å². The quantitative estimate of drug-likeness (QED) is 0.829. The molecule has 1 unspecified atom stereocenters. The highest BCUT2D eigenvalue weighted by Crippen LogP contribution is 2.26. The average Bonchev–Trinajstić information content (AvgIpc) is 2.70. The molecule has 2 rings (SSSR count). The summed E-state index contributed by atoms with van der Waals surface area (Å²) in [6, 6.07) is 5.71. The molecule has 0 aromatic heterocycles. The van der Waals surface area contributed by atoms with Crippen LogP contribution in [0.4, 0.5) is 5.69 Å². The van der Waals surface area contributed by atoms with Crippen molar-refractivity contribution in [2.45, 2.75) is 32.7 Å². The van der Waals surface area contributed by atoms with Gasteiger partial charge in [-0.15, -0.1) is 0 Å². The van der Waals surface area contributed by atoms with E-state index in [4.69, 9.17) is 10.5 Å². The number of nitrogens with zero attached hydrogens (tertiary/aromatic N) is 1. The summed E-state index contributed by atoms with van der Waals surface area (Å²) in [6.07, 6.45) is 2.97. The molecule has 1 saturated heterocycles. The van der Waals surface area contributed by atoms with Gasteiger partial charge < -0.3 is 15.4 Å². The second-order valence-electron chi connectivity index (χ2n) is 5.21. The van der Waals surface area contributed by atoms with Crippen LogP contribution in [0.1, 0.15) is 31.7 Å². The molecule has 0 bridgehead atoms. The molecule has 4 nitrogen and oxygen atoms in total. The minimum absolute atomic E-state index is 0.257. The third kappa shape index (κ3) is 3.19. The fourth-order valence-corrected chi connectivity index (χ4v) is 2.71. The topological polar surface area (TPSA) is 55.6 Å². The molecular weight excluding hydrogens is 240 g/mol. The van der Waals surface area contributed by atoms with Crippen molar-refractivity contribution < 1.29 is 9.53 Å². The van der Waals surface area contributed by atoms with E-state index in [2.05, 4.69) is 6.92 Å². The smallest absolute Gasteiger partial charge is 0.223 e. The molecule has 1 atom stereocenters. The zero-order valence-corrected chi connectivity index (χ0v) is 11.7. The fourth-order valence-electron chi connectivity index (χ4n) is 2.71. The standard InChI is InChI=1S/C15H22N2O2/c1-3-4-11-8-15(18)17(9-11)10-12-5-6-14(19-2)13(16)7-12/h5-7,11H,3-4,8-10,16H2,1-2H3. The predicted molar refractivity (Wildman–Crippen MR) is 75.8 cm³/mol. The third-order valence-electron chi connectivity index (χ3n) is 3.66. The molecule has 1 fully saturated rings. The van der Waals surface area contributed by atoms with E-state index in [0.29, 0.717) is 30.3 Å². The van der Waals surface area contributed by atoms with E-state index < -0.39 is 0 Å². The highest BCUT2D eigenvalue weighted by molar-refractivity contribution is 5.78. The monoisotopic (exact) mass is 262 g/mol. The summed E-state index contributed by atoms with van der Waals surface area (Å²) in [7, 11) is 1.60. The SMILES string of the molecule is CCCC1CC(=O)N(Cc2ccc(OC)c(N)c2)C1. The Bertz CT molecular complexity index is 459. The number of rotatable bonds is 5. The van der Waals surface area contributed by atoms with Crippen LogP contribution < -0.4 is 10.5 Å². The summed E-state index contributed by atoms with van der Waals surface area (Å²) in [5.74, 6) is 1.46. The molecule has 1 amide bonds. The number of ether oxygens (including phenoxy) is 1. The predicted octanol–water partition coefficient (Wildman–Crippen LogP) is 2.43. The Morgan fingerprint density at radius 2 is 2.26 bits per heavy atom. The number of nitrogen functional groups attached to an aromatic ring is 1. The number of carbonyl (C=O) groups is 1. The summed E-state index contributed by atoms with van der Waals surface area (Å²) >= 11 is 0. The molecule has 1 heterocycles. The first-order valence-corrected chi connectivity index (χ1v) is 6.84. The van der Waals surface area contributed by atoms with Crippen molar-refractivity contribution in [3.05, 3.63) is 23.8 Å². The summed E-state index contributed by atoms with van der Waals surface area (Å²) in [4.78, 5) is 13.9. The molecule has 104 valence electrons. The number of likely N-dealkylation sites (tertiary alicyclic amines) is 1. The van der Waals surface area contributed by atoms with E-state index >= 15 is 0 Å². The van der Waals surface area contributed by atoms with Crippen LogP contribution >= 0.6 is 0 Å². The van der Waals surface area contributed by atoms with Crippen molar-refractivity contribution >= 4 is 11.6 Å². The third-order valence-corrected chi connectivity index (χ3v) is 3.66. The van der Waals surface area contributed by atoms with Gasteiger partial charge in [0.05, 0.1) is 12.8 Å². The van der Waals surface area contributed by atoms with Gasteiger partial charge in [-0.25, -0.2) is 0 Å². The Morgan fingerprint density at radius 1 is 1.47 bits per heavy atom. The van der Waals surface area contributed by atoms with Crippen LogP contribution in [0.25, 0.3) is 0 Å². The largest absolute Gasteiger partial charge is 0.495 e. The minimum Gasteiger partial charge on any atom is -0.495 e. The van der Waals surface area contributed by atoms with Crippen molar-refractivity contribution in [3.8, 4) is 5.75 Å². The second kappa shape index (κ2) is 5.95. The molecule has 0 spiro atoms. The minimum atomic E-state index is 0.257. The average molecular weight is 262 g/mol. The number of amides is 1. The number of hydrogen-bond acceptors (Lipinski definition) is 3. The van der Waals surface area contributed by atoms with E-state index in [1.807, 2.05) is 23.1 Å². The van der Waals surface area contributed by atoms with E-state index in [1.165, 1.54) is 0 Å². The number of hydrogen-bond donors (Lipinski definition) is 1.